The van der Waals surface area contributed by atoms with Crippen LogP contribution in [0.1, 0.15) is 17.4 Å². The first-order valence-corrected chi connectivity index (χ1v) is 9.92. The number of fused-ring (bicyclic) bond motifs is 1. The van der Waals surface area contributed by atoms with Crippen LogP contribution in [0.25, 0.3) is 0 Å². The SMILES string of the molecule is C[C@H](O)C1COc2c(cn(C)c2C(=O)Nc2ccnc(Br)c2)S(=O)(=O)N1. The highest BCUT2D eigenvalue weighted by atomic mass is 79.9. The topological polar surface area (TPSA) is 123 Å². The van der Waals surface area contributed by atoms with E-state index in [0.29, 0.717) is 10.3 Å². The van der Waals surface area contributed by atoms with Gasteiger partial charge >= 0.3 is 0 Å². The standard InChI is InChI=1S/C15H17BrN4O5S/c1-8(21)10-7-25-14-11(26(23,24)19-10)6-20(2)13(14)15(22)18-9-3-4-17-12(16)5-9/h3-6,8,10,19,21H,7H2,1-2H3,(H,17,18,22)/t8-,10?/m0/s1. The van der Waals surface area contributed by atoms with E-state index in [4.69, 9.17) is 4.74 Å². The minimum absolute atomic E-state index is 0.0474. The number of aromatic nitrogens is 2. The maximum atomic E-state index is 12.7. The molecule has 26 heavy (non-hydrogen) atoms. The van der Waals surface area contributed by atoms with Crippen molar-refractivity contribution in [3.8, 4) is 5.75 Å². The summed E-state index contributed by atoms with van der Waals surface area (Å²) in [5.74, 6) is -0.577. The molecule has 3 heterocycles. The van der Waals surface area contributed by atoms with Crippen LogP contribution in [0.5, 0.6) is 5.75 Å². The van der Waals surface area contributed by atoms with Gasteiger partial charge in [-0.15, -0.1) is 0 Å². The first-order chi connectivity index (χ1) is 12.2. The number of anilines is 1. The van der Waals surface area contributed by atoms with Crippen LogP contribution in [0.4, 0.5) is 5.69 Å². The highest BCUT2D eigenvalue weighted by Crippen LogP contribution is 2.33. The number of aliphatic hydroxyl groups is 1. The lowest BCUT2D eigenvalue weighted by atomic mass is 10.2. The second-order valence-corrected chi connectivity index (χ2v) is 8.38. The zero-order valence-corrected chi connectivity index (χ0v) is 16.3. The molecule has 0 fully saturated rings. The average Bonchev–Trinajstić information content (AvgIpc) is 2.82. The van der Waals surface area contributed by atoms with Gasteiger partial charge in [-0.1, -0.05) is 0 Å². The van der Waals surface area contributed by atoms with Crippen molar-refractivity contribution < 1.29 is 23.1 Å². The summed E-state index contributed by atoms with van der Waals surface area (Å²) in [6.45, 7) is 1.36. The van der Waals surface area contributed by atoms with Gasteiger partial charge in [0.2, 0.25) is 10.0 Å². The van der Waals surface area contributed by atoms with Crippen molar-refractivity contribution in [1.29, 1.82) is 0 Å². The number of ether oxygens (including phenoxy) is 1. The Kier molecular flexibility index (Phi) is 5.06. The number of rotatable bonds is 3. The Morgan fingerprint density at radius 1 is 1.58 bits per heavy atom. The molecule has 1 unspecified atom stereocenters. The Labute approximate surface area is 158 Å². The van der Waals surface area contributed by atoms with Crippen molar-refractivity contribution in [2.75, 3.05) is 11.9 Å². The van der Waals surface area contributed by atoms with Gasteiger partial charge < -0.3 is 19.7 Å². The van der Waals surface area contributed by atoms with Gasteiger partial charge in [-0.3, -0.25) is 4.79 Å². The van der Waals surface area contributed by atoms with Gasteiger partial charge in [-0.2, -0.15) is 0 Å². The minimum Gasteiger partial charge on any atom is -0.488 e. The maximum Gasteiger partial charge on any atom is 0.276 e. The number of carbonyl (C=O) groups excluding carboxylic acids is 1. The maximum absolute atomic E-state index is 12.7. The molecule has 0 bridgehead atoms. The van der Waals surface area contributed by atoms with Crippen LogP contribution in [0.3, 0.4) is 0 Å². The number of pyridine rings is 1. The van der Waals surface area contributed by atoms with Crippen molar-refractivity contribution in [2.45, 2.75) is 24.0 Å². The second-order valence-electron chi connectivity index (χ2n) is 5.88. The first kappa shape index (κ1) is 18.8. The number of hydrogen-bond acceptors (Lipinski definition) is 6. The van der Waals surface area contributed by atoms with E-state index in [1.54, 1.807) is 19.2 Å². The highest BCUT2D eigenvalue weighted by Gasteiger charge is 2.35. The molecule has 11 heteroatoms. The number of nitrogens with one attached hydrogen (secondary N) is 2. The Balaban J connectivity index is 1.98. The molecule has 3 N–H and O–H groups in total. The predicted octanol–water partition coefficient (Wildman–Crippen LogP) is 0.855. The van der Waals surface area contributed by atoms with Crippen LogP contribution in [-0.4, -0.2) is 47.7 Å². The van der Waals surface area contributed by atoms with Crippen molar-refractivity contribution in [3.05, 3.63) is 34.8 Å². The van der Waals surface area contributed by atoms with Crippen molar-refractivity contribution in [2.24, 2.45) is 7.05 Å². The lowest BCUT2D eigenvalue weighted by Crippen LogP contribution is -2.44. The quantitative estimate of drug-likeness (QED) is 0.603. The van der Waals surface area contributed by atoms with E-state index < -0.39 is 28.1 Å². The first-order valence-electron chi connectivity index (χ1n) is 7.64. The molecule has 0 saturated carbocycles. The van der Waals surface area contributed by atoms with E-state index in [0.717, 1.165) is 0 Å². The summed E-state index contributed by atoms with van der Waals surface area (Å²) in [4.78, 5) is 16.5. The number of hydrogen-bond donors (Lipinski definition) is 3. The predicted molar refractivity (Wildman–Crippen MR) is 96.6 cm³/mol. The summed E-state index contributed by atoms with van der Waals surface area (Å²) in [5.41, 5.74) is 0.549. The summed E-state index contributed by atoms with van der Waals surface area (Å²) in [6, 6.07) is 2.40. The van der Waals surface area contributed by atoms with Gasteiger partial charge in [0, 0.05) is 25.1 Å². The van der Waals surface area contributed by atoms with E-state index in [-0.39, 0.29) is 22.9 Å². The molecule has 0 aromatic carbocycles. The van der Waals surface area contributed by atoms with Crippen molar-refractivity contribution in [3.63, 3.8) is 0 Å². The molecule has 0 radical (unpaired) electrons. The van der Waals surface area contributed by atoms with Gasteiger partial charge in [0.1, 0.15) is 16.1 Å². The summed E-state index contributed by atoms with van der Waals surface area (Å²) in [6.07, 6.45) is 1.87. The molecule has 1 amide bonds. The van der Waals surface area contributed by atoms with Gasteiger partial charge in [0.25, 0.3) is 5.91 Å². The van der Waals surface area contributed by atoms with Crippen molar-refractivity contribution >= 4 is 37.5 Å². The monoisotopic (exact) mass is 444 g/mol. The number of amides is 1. The molecule has 0 spiro atoms. The van der Waals surface area contributed by atoms with Gasteiger partial charge in [0.05, 0.1) is 12.1 Å². The fraction of sp³-hybridized carbons (Fsp3) is 0.333. The third kappa shape index (κ3) is 3.61. The van der Waals surface area contributed by atoms with E-state index >= 15 is 0 Å². The summed E-state index contributed by atoms with van der Waals surface area (Å²) < 4.78 is 35.0. The summed E-state index contributed by atoms with van der Waals surface area (Å²) in [5, 5.41) is 12.4. The number of carbonyl (C=O) groups is 1. The molecule has 3 rings (SSSR count). The number of sulfonamides is 1. The van der Waals surface area contributed by atoms with Gasteiger partial charge in [-0.05, 0) is 35.0 Å². The Morgan fingerprint density at radius 2 is 2.31 bits per heavy atom. The van der Waals surface area contributed by atoms with Gasteiger partial charge in [-0.25, -0.2) is 18.1 Å². The van der Waals surface area contributed by atoms with E-state index in [9.17, 15) is 18.3 Å². The lowest BCUT2D eigenvalue weighted by molar-refractivity contribution is 0.100. The number of aryl methyl sites for hydroxylation is 1. The van der Waals surface area contributed by atoms with Crippen LogP contribution in [0.2, 0.25) is 0 Å². The van der Waals surface area contributed by atoms with E-state index in [1.165, 1.54) is 23.9 Å². The molecule has 2 aromatic heterocycles. The smallest absolute Gasteiger partial charge is 0.276 e. The fourth-order valence-electron chi connectivity index (χ4n) is 2.55. The largest absolute Gasteiger partial charge is 0.488 e. The normalized spacial score (nSPS) is 19.8. The van der Waals surface area contributed by atoms with Crippen LogP contribution in [0, 0.1) is 0 Å². The average molecular weight is 445 g/mol. The molecule has 140 valence electrons. The highest BCUT2D eigenvalue weighted by molar-refractivity contribution is 9.10. The summed E-state index contributed by atoms with van der Waals surface area (Å²) in [7, 11) is -2.39. The Hall–Kier alpha value is -1.95. The fourth-order valence-corrected chi connectivity index (χ4v) is 4.40. The number of nitrogens with zero attached hydrogens (tertiary/aromatic N) is 2. The number of halogens is 1. The molecule has 0 saturated heterocycles. The second kappa shape index (κ2) is 6.99. The Bertz CT molecular complexity index is 957. The molecular weight excluding hydrogens is 428 g/mol. The van der Waals surface area contributed by atoms with Crippen LogP contribution in [0.15, 0.2) is 34.0 Å². The van der Waals surface area contributed by atoms with Crippen LogP contribution < -0.4 is 14.8 Å². The zero-order chi connectivity index (χ0) is 19.1. The molecule has 9 nitrogen and oxygen atoms in total. The summed E-state index contributed by atoms with van der Waals surface area (Å²) >= 11 is 3.22. The molecular formula is C15H17BrN4O5S. The van der Waals surface area contributed by atoms with Gasteiger partial charge in [0.15, 0.2) is 11.4 Å². The van der Waals surface area contributed by atoms with Crippen molar-refractivity contribution in [1.82, 2.24) is 14.3 Å². The molecule has 1 aliphatic heterocycles. The zero-order valence-electron chi connectivity index (χ0n) is 13.9. The molecule has 2 atom stereocenters. The number of aliphatic hydroxyl groups excluding tert-OH is 1. The molecule has 0 aliphatic carbocycles. The van der Waals surface area contributed by atoms with E-state index in [2.05, 4.69) is 31.0 Å². The van der Waals surface area contributed by atoms with E-state index in [1.807, 2.05) is 0 Å². The van der Waals surface area contributed by atoms with Crippen LogP contribution in [-0.2, 0) is 17.1 Å². The third-order valence-electron chi connectivity index (χ3n) is 3.89. The van der Waals surface area contributed by atoms with Crippen LogP contribution >= 0.6 is 15.9 Å². The lowest BCUT2D eigenvalue weighted by Gasteiger charge is -2.18. The molecule has 1 aliphatic rings. The Morgan fingerprint density at radius 3 is 2.96 bits per heavy atom. The minimum atomic E-state index is -3.94. The third-order valence-corrected chi connectivity index (χ3v) is 5.80. The molecule has 2 aromatic rings.